The second kappa shape index (κ2) is 8.40. The molecule has 4 nitrogen and oxygen atoms in total. The van der Waals surface area contributed by atoms with E-state index < -0.39 is 0 Å². The third-order valence-corrected chi connectivity index (χ3v) is 4.31. The zero-order valence-electron chi connectivity index (χ0n) is 11.2. The van der Waals surface area contributed by atoms with Gasteiger partial charge in [0.1, 0.15) is 0 Å². The number of amides is 2. The van der Waals surface area contributed by atoms with E-state index in [1.807, 2.05) is 4.90 Å². The molecule has 0 aromatic rings. The molecule has 1 aliphatic rings. The number of primary amides is 1. The monoisotopic (exact) mass is 272 g/mol. The van der Waals surface area contributed by atoms with Crippen molar-refractivity contribution in [3.63, 3.8) is 0 Å². The van der Waals surface area contributed by atoms with Crippen LogP contribution < -0.4 is 5.73 Å². The fraction of sp³-hybridized carbons (Fsp3) is 0.846. The molecule has 0 aromatic carbocycles. The lowest BCUT2D eigenvalue weighted by Gasteiger charge is -2.20. The maximum Gasteiger partial charge on any atom is 0.232 e. The highest BCUT2D eigenvalue weighted by atomic mass is 32.2. The fourth-order valence-corrected chi connectivity index (χ4v) is 3.10. The number of likely N-dealkylation sites (tertiary alicyclic amines) is 1. The Balaban J connectivity index is 2.28. The van der Waals surface area contributed by atoms with E-state index in [0.717, 1.165) is 31.8 Å². The summed E-state index contributed by atoms with van der Waals surface area (Å²) in [5.74, 6) is 1.19. The third-order valence-electron chi connectivity index (χ3n) is 3.37. The Morgan fingerprint density at radius 3 is 2.72 bits per heavy atom. The predicted molar refractivity (Wildman–Crippen MR) is 75.3 cm³/mol. The van der Waals surface area contributed by atoms with Gasteiger partial charge in [-0.3, -0.25) is 9.59 Å². The highest BCUT2D eigenvalue weighted by molar-refractivity contribution is 8.00. The van der Waals surface area contributed by atoms with Gasteiger partial charge in [-0.1, -0.05) is 19.8 Å². The highest BCUT2D eigenvalue weighted by Gasteiger charge is 2.19. The Labute approximate surface area is 114 Å². The van der Waals surface area contributed by atoms with Crippen LogP contribution in [-0.4, -0.2) is 41.3 Å². The molecular formula is C13H24N2O2S. The van der Waals surface area contributed by atoms with Crippen LogP contribution in [-0.2, 0) is 9.59 Å². The van der Waals surface area contributed by atoms with Gasteiger partial charge in [0.2, 0.25) is 11.8 Å². The largest absolute Gasteiger partial charge is 0.369 e. The van der Waals surface area contributed by atoms with Crippen molar-refractivity contribution in [3.05, 3.63) is 0 Å². The van der Waals surface area contributed by atoms with Crippen molar-refractivity contribution in [1.82, 2.24) is 4.90 Å². The van der Waals surface area contributed by atoms with Crippen LogP contribution in [0.1, 0.15) is 39.0 Å². The van der Waals surface area contributed by atoms with E-state index in [9.17, 15) is 9.59 Å². The third kappa shape index (κ3) is 5.76. The molecule has 1 saturated heterocycles. The molecule has 1 rings (SSSR count). The van der Waals surface area contributed by atoms with Gasteiger partial charge in [0.15, 0.2) is 0 Å². The summed E-state index contributed by atoms with van der Waals surface area (Å²) in [5, 5.41) is 0. The summed E-state index contributed by atoms with van der Waals surface area (Å²) in [6.07, 6.45) is 5.98. The molecule has 0 saturated carbocycles. The van der Waals surface area contributed by atoms with Gasteiger partial charge < -0.3 is 10.6 Å². The van der Waals surface area contributed by atoms with Crippen LogP contribution in [0.25, 0.3) is 0 Å². The average molecular weight is 272 g/mol. The van der Waals surface area contributed by atoms with E-state index in [1.165, 1.54) is 31.0 Å². The SMILES string of the molecule is CCCC1CCCN(C(=O)CSCC(N)=O)CC1. The maximum atomic E-state index is 11.9. The molecular weight excluding hydrogens is 248 g/mol. The number of carbonyl (C=O) groups excluding carboxylic acids is 2. The Hall–Kier alpha value is -0.710. The Bertz CT molecular complexity index is 284. The van der Waals surface area contributed by atoms with E-state index in [1.54, 1.807) is 0 Å². The van der Waals surface area contributed by atoms with Gasteiger partial charge in [-0.2, -0.15) is 0 Å². The van der Waals surface area contributed by atoms with Crippen molar-refractivity contribution in [2.75, 3.05) is 24.6 Å². The van der Waals surface area contributed by atoms with Crippen LogP contribution in [0.15, 0.2) is 0 Å². The van der Waals surface area contributed by atoms with E-state index in [4.69, 9.17) is 5.73 Å². The number of hydrogen-bond acceptors (Lipinski definition) is 3. The Morgan fingerprint density at radius 2 is 2.06 bits per heavy atom. The normalized spacial score (nSPS) is 20.5. The van der Waals surface area contributed by atoms with Gasteiger partial charge in [-0.05, 0) is 25.2 Å². The number of hydrogen-bond donors (Lipinski definition) is 1. The van der Waals surface area contributed by atoms with Crippen LogP contribution in [0.5, 0.6) is 0 Å². The summed E-state index contributed by atoms with van der Waals surface area (Å²) in [7, 11) is 0. The second-order valence-corrected chi connectivity index (χ2v) is 5.91. The summed E-state index contributed by atoms with van der Waals surface area (Å²) in [4.78, 5) is 24.5. The van der Waals surface area contributed by atoms with Crippen LogP contribution in [0.3, 0.4) is 0 Å². The predicted octanol–water partition coefficient (Wildman–Crippen LogP) is 1.63. The molecule has 0 radical (unpaired) electrons. The number of carbonyl (C=O) groups is 2. The number of rotatable bonds is 6. The number of nitrogens with two attached hydrogens (primary N) is 1. The minimum atomic E-state index is -0.355. The minimum Gasteiger partial charge on any atom is -0.369 e. The smallest absolute Gasteiger partial charge is 0.232 e. The molecule has 0 aliphatic carbocycles. The zero-order valence-corrected chi connectivity index (χ0v) is 12.0. The molecule has 18 heavy (non-hydrogen) atoms. The lowest BCUT2D eigenvalue weighted by molar-refractivity contribution is -0.128. The second-order valence-electron chi connectivity index (χ2n) is 4.93. The molecule has 0 aromatic heterocycles. The van der Waals surface area contributed by atoms with Crippen molar-refractivity contribution < 1.29 is 9.59 Å². The molecule has 1 heterocycles. The zero-order chi connectivity index (χ0) is 13.4. The summed E-state index contributed by atoms with van der Waals surface area (Å²) in [6.45, 7) is 3.96. The maximum absolute atomic E-state index is 11.9. The molecule has 1 atom stereocenters. The van der Waals surface area contributed by atoms with E-state index >= 15 is 0 Å². The van der Waals surface area contributed by atoms with Crippen molar-refractivity contribution in [2.45, 2.75) is 39.0 Å². The first-order chi connectivity index (χ1) is 8.63. The molecule has 2 N–H and O–H groups in total. The first-order valence-corrected chi connectivity index (χ1v) is 7.92. The summed E-state index contributed by atoms with van der Waals surface area (Å²) >= 11 is 1.32. The summed E-state index contributed by atoms with van der Waals surface area (Å²) < 4.78 is 0. The van der Waals surface area contributed by atoms with Crippen LogP contribution in [0.2, 0.25) is 0 Å². The average Bonchev–Trinajstić information content (AvgIpc) is 2.54. The lowest BCUT2D eigenvalue weighted by Crippen LogP contribution is -2.33. The quantitative estimate of drug-likeness (QED) is 0.799. The molecule has 0 bridgehead atoms. The molecule has 0 spiro atoms. The van der Waals surface area contributed by atoms with Crippen LogP contribution in [0.4, 0.5) is 0 Å². The van der Waals surface area contributed by atoms with E-state index in [2.05, 4.69) is 6.92 Å². The van der Waals surface area contributed by atoms with Crippen molar-refractivity contribution in [3.8, 4) is 0 Å². The first kappa shape index (κ1) is 15.3. The molecule has 1 unspecified atom stereocenters. The van der Waals surface area contributed by atoms with Gasteiger partial charge in [0.05, 0.1) is 11.5 Å². The Kier molecular flexibility index (Phi) is 7.16. The minimum absolute atomic E-state index is 0.151. The van der Waals surface area contributed by atoms with Gasteiger partial charge in [0.25, 0.3) is 0 Å². The molecule has 1 fully saturated rings. The van der Waals surface area contributed by atoms with Crippen LogP contribution in [0, 0.1) is 5.92 Å². The lowest BCUT2D eigenvalue weighted by atomic mass is 9.96. The summed E-state index contributed by atoms with van der Waals surface area (Å²) in [5.41, 5.74) is 5.05. The Morgan fingerprint density at radius 1 is 1.28 bits per heavy atom. The highest BCUT2D eigenvalue weighted by Crippen LogP contribution is 2.22. The van der Waals surface area contributed by atoms with Gasteiger partial charge >= 0.3 is 0 Å². The number of nitrogens with zero attached hydrogens (tertiary/aromatic N) is 1. The molecule has 1 aliphatic heterocycles. The molecule has 5 heteroatoms. The fourth-order valence-electron chi connectivity index (χ4n) is 2.44. The van der Waals surface area contributed by atoms with E-state index in [-0.39, 0.29) is 17.6 Å². The number of thioether (sulfide) groups is 1. The topological polar surface area (TPSA) is 63.4 Å². The molecule has 104 valence electrons. The van der Waals surface area contributed by atoms with E-state index in [0.29, 0.717) is 5.75 Å². The van der Waals surface area contributed by atoms with Gasteiger partial charge in [-0.25, -0.2) is 0 Å². The van der Waals surface area contributed by atoms with Crippen molar-refractivity contribution >= 4 is 23.6 Å². The van der Waals surface area contributed by atoms with Gasteiger partial charge in [0, 0.05) is 13.1 Å². The van der Waals surface area contributed by atoms with Crippen molar-refractivity contribution in [2.24, 2.45) is 11.7 Å². The molecule has 2 amide bonds. The van der Waals surface area contributed by atoms with Crippen molar-refractivity contribution in [1.29, 1.82) is 0 Å². The standard InChI is InChI=1S/C13H24N2O2S/c1-2-4-11-5-3-7-15(8-6-11)13(17)10-18-9-12(14)16/h11H,2-10H2,1H3,(H2,14,16). The summed E-state index contributed by atoms with van der Waals surface area (Å²) in [6, 6.07) is 0. The first-order valence-electron chi connectivity index (χ1n) is 6.77. The van der Waals surface area contributed by atoms with Crippen LogP contribution >= 0.6 is 11.8 Å². The van der Waals surface area contributed by atoms with Gasteiger partial charge in [-0.15, -0.1) is 11.8 Å².